The molecule has 1 aromatic rings. The van der Waals surface area contributed by atoms with E-state index in [4.69, 9.17) is 5.11 Å². The molecule has 3 nitrogen and oxygen atoms in total. The van der Waals surface area contributed by atoms with E-state index in [1.807, 2.05) is 13.2 Å². The zero-order valence-corrected chi connectivity index (χ0v) is 8.46. The van der Waals surface area contributed by atoms with Crippen LogP contribution in [0, 0.1) is 0 Å². The fourth-order valence-corrected chi connectivity index (χ4v) is 2.36. The largest absolute Gasteiger partial charge is 0.476 e. The number of aromatic nitrogens is 1. The molecule has 0 spiro atoms. The van der Waals surface area contributed by atoms with Crippen molar-refractivity contribution in [1.29, 1.82) is 0 Å². The number of carbonyl (C=O) groups is 1. The minimum absolute atomic E-state index is 0.215. The van der Waals surface area contributed by atoms with Crippen LogP contribution in [0.15, 0.2) is 4.34 Å². The van der Waals surface area contributed by atoms with E-state index in [9.17, 15) is 4.79 Å². The van der Waals surface area contributed by atoms with Gasteiger partial charge in [-0.1, -0.05) is 18.7 Å². The second-order valence-electron chi connectivity index (χ2n) is 2.11. The highest BCUT2D eigenvalue weighted by Crippen LogP contribution is 2.25. The van der Waals surface area contributed by atoms with E-state index < -0.39 is 5.97 Å². The van der Waals surface area contributed by atoms with Crippen LogP contribution in [-0.2, 0) is 6.42 Å². The molecule has 0 radical (unpaired) electrons. The van der Waals surface area contributed by atoms with Gasteiger partial charge in [-0.15, -0.1) is 11.3 Å². The number of carboxylic acid groups (broad SMARTS) is 1. The number of aromatic carboxylic acids is 1. The Labute approximate surface area is 78.8 Å². The molecule has 0 saturated heterocycles. The first-order valence-electron chi connectivity index (χ1n) is 3.46. The molecule has 12 heavy (non-hydrogen) atoms. The predicted octanol–water partition coefficient (Wildman–Crippen LogP) is 2.13. The van der Waals surface area contributed by atoms with Crippen molar-refractivity contribution in [3.63, 3.8) is 0 Å². The van der Waals surface area contributed by atoms with Crippen molar-refractivity contribution in [1.82, 2.24) is 4.98 Å². The molecular weight excluding hydrogens is 194 g/mol. The van der Waals surface area contributed by atoms with Gasteiger partial charge in [-0.05, 0) is 12.7 Å². The van der Waals surface area contributed by atoms with E-state index in [1.54, 1.807) is 0 Å². The maximum absolute atomic E-state index is 10.6. The molecule has 0 aromatic carbocycles. The van der Waals surface area contributed by atoms with Crippen molar-refractivity contribution in [3.05, 3.63) is 10.6 Å². The van der Waals surface area contributed by atoms with Crippen LogP contribution in [0.5, 0.6) is 0 Å². The van der Waals surface area contributed by atoms with Gasteiger partial charge in [-0.2, -0.15) is 0 Å². The zero-order chi connectivity index (χ0) is 9.14. The Morgan fingerprint density at radius 3 is 2.75 bits per heavy atom. The average Bonchev–Trinajstić information content (AvgIpc) is 2.47. The molecular formula is C7H9NO2S2. The molecule has 0 aliphatic heterocycles. The van der Waals surface area contributed by atoms with Crippen molar-refractivity contribution in [2.75, 3.05) is 6.26 Å². The fraction of sp³-hybridized carbons (Fsp3) is 0.429. The van der Waals surface area contributed by atoms with Crippen molar-refractivity contribution < 1.29 is 9.90 Å². The Kier molecular flexibility index (Phi) is 3.11. The van der Waals surface area contributed by atoms with Crippen LogP contribution in [0.25, 0.3) is 0 Å². The summed E-state index contributed by atoms with van der Waals surface area (Å²) >= 11 is 2.94. The van der Waals surface area contributed by atoms with Crippen LogP contribution in [0.2, 0.25) is 0 Å². The number of hydrogen-bond donors (Lipinski definition) is 1. The first kappa shape index (κ1) is 9.54. The molecule has 5 heteroatoms. The quantitative estimate of drug-likeness (QED) is 0.764. The Morgan fingerprint density at radius 1 is 1.75 bits per heavy atom. The molecule has 0 unspecified atom stereocenters. The monoisotopic (exact) mass is 203 g/mol. The third kappa shape index (κ3) is 1.78. The molecule has 1 heterocycles. The number of hydrogen-bond acceptors (Lipinski definition) is 4. The molecule has 0 aliphatic carbocycles. The molecule has 0 bridgehead atoms. The number of nitrogens with zero attached hydrogens (tertiary/aromatic N) is 1. The number of rotatable bonds is 3. The van der Waals surface area contributed by atoms with Crippen molar-refractivity contribution in [2.45, 2.75) is 17.7 Å². The first-order chi connectivity index (χ1) is 5.69. The van der Waals surface area contributed by atoms with Gasteiger partial charge in [0.2, 0.25) is 0 Å². The summed E-state index contributed by atoms with van der Waals surface area (Å²) in [7, 11) is 0. The van der Waals surface area contributed by atoms with Crippen molar-refractivity contribution >= 4 is 29.1 Å². The molecule has 1 rings (SSSR count). The maximum Gasteiger partial charge on any atom is 0.355 e. The van der Waals surface area contributed by atoms with E-state index in [-0.39, 0.29) is 5.69 Å². The normalized spacial score (nSPS) is 10.2. The molecule has 0 atom stereocenters. The summed E-state index contributed by atoms with van der Waals surface area (Å²) < 4.78 is 0.823. The average molecular weight is 203 g/mol. The van der Waals surface area contributed by atoms with E-state index in [0.29, 0.717) is 0 Å². The minimum Gasteiger partial charge on any atom is -0.476 e. The highest BCUT2D eigenvalue weighted by Gasteiger charge is 2.14. The standard InChI is InChI=1S/C7H9NO2S2/c1-3-4-5(6(9)10)8-7(11-2)12-4/h3H2,1-2H3,(H,9,10). The van der Waals surface area contributed by atoms with Crippen LogP contribution >= 0.6 is 23.1 Å². The zero-order valence-electron chi connectivity index (χ0n) is 6.83. The lowest BCUT2D eigenvalue weighted by Gasteiger charge is -1.89. The lowest BCUT2D eigenvalue weighted by atomic mass is 10.3. The van der Waals surface area contributed by atoms with Crippen LogP contribution < -0.4 is 0 Å². The van der Waals surface area contributed by atoms with Gasteiger partial charge in [0.25, 0.3) is 0 Å². The minimum atomic E-state index is -0.927. The molecule has 1 N–H and O–H groups in total. The number of thiazole rings is 1. The highest BCUT2D eigenvalue weighted by molar-refractivity contribution is 8.00. The Morgan fingerprint density at radius 2 is 2.42 bits per heavy atom. The van der Waals surface area contributed by atoms with E-state index >= 15 is 0 Å². The van der Waals surface area contributed by atoms with Gasteiger partial charge in [0.15, 0.2) is 10.0 Å². The number of carboxylic acids is 1. The second-order valence-corrected chi connectivity index (χ2v) is 4.25. The van der Waals surface area contributed by atoms with Crippen molar-refractivity contribution in [2.24, 2.45) is 0 Å². The summed E-state index contributed by atoms with van der Waals surface area (Å²) in [6.45, 7) is 1.93. The topological polar surface area (TPSA) is 50.2 Å². The van der Waals surface area contributed by atoms with Gasteiger partial charge in [-0.25, -0.2) is 9.78 Å². The van der Waals surface area contributed by atoms with Crippen LogP contribution in [0.4, 0.5) is 0 Å². The number of aryl methyl sites for hydroxylation is 1. The summed E-state index contributed by atoms with van der Waals surface area (Å²) in [5, 5.41) is 8.74. The lowest BCUT2D eigenvalue weighted by Crippen LogP contribution is -1.99. The molecule has 0 saturated carbocycles. The Hall–Kier alpha value is -0.550. The molecule has 0 aliphatic rings. The maximum atomic E-state index is 10.6. The summed E-state index contributed by atoms with van der Waals surface area (Å²) in [4.78, 5) is 15.5. The van der Waals surface area contributed by atoms with Crippen molar-refractivity contribution in [3.8, 4) is 0 Å². The van der Waals surface area contributed by atoms with E-state index in [2.05, 4.69) is 4.98 Å². The third-order valence-electron chi connectivity index (χ3n) is 1.38. The Balaban J connectivity index is 3.08. The van der Waals surface area contributed by atoms with Gasteiger partial charge in [-0.3, -0.25) is 0 Å². The summed E-state index contributed by atoms with van der Waals surface area (Å²) in [6, 6.07) is 0. The van der Waals surface area contributed by atoms with Gasteiger partial charge < -0.3 is 5.11 Å². The van der Waals surface area contributed by atoms with E-state index in [1.165, 1.54) is 23.1 Å². The SMILES string of the molecule is CCc1sc(SC)nc1C(=O)O. The molecule has 0 fully saturated rings. The fourth-order valence-electron chi connectivity index (χ4n) is 0.824. The number of thioether (sulfide) groups is 1. The van der Waals surface area contributed by atoms with Crippen LogP contribution in [0.3, 0.4) is 0 Å². The summed E-state index contributed by atoms with van der Waals surface area (Å²) in [5.74, 6) is -0.927. The molecule has 66 valence electrons. The van der Waals surface area contributed by atoms with Gasteiger partial charge in [0.05, 0.1) is 0 Å². The molecule has 0 amide bonds. The van der Waals surface area contributed by atoms with Gasteiger partial charge in [0.1, 0.15) is 0 Å². The molecule has 1 aromatic heterocycles. The Bertz CT molecular complexity index is 296. The van der Waals surface area contributed by atoms with Crippen LogP contribution in [-0.4, -0.2) is 22.3 Å². The summed E-state index contributed by atoms with van der Waals surface area (Å²) in [5.41, 5.74) is 0.215. The van der Waals surface area contributed by atoms with Gasteiger partial charge in [0, 0.05) is 4.88 Å². The highest BCUT2D eigenvalue weighted by atomic mass is 32.2. The second kappa shape index (κ2) is 3.91. The lowest BCUT2D eigenvalue weighted by molar-refractivity contribution is 0.0689. The summed E-state index contributed by atoms with van der Waals surface area (Å²) in [6.07, 6.45) is 2.63. The smallest absolute Gasteiger partial charge is 0.355 e. The first-order valence-corrected chi connectivity index (χ1v) is 5.50. The van der Waals surface area contributed by atoms with E-state index in [0.717, 1.165) is 15.6 Å². The van der Waals surface area contributed by atoms with Gasteiger partial charge >= 0.3 is 5.97 Å². The predicted molar refractivity (Wildman–Crippen MR) is 50.2 cm³/mol. The third-order valence-corrected chi connectivity index (χ3v) is 3.56. The van der Waals surface area contributed by atoms with Crippen LogP contribution in [0.1, 0.15) is 22.3 Å².